The molecule has 1 amide bonds. The van der Waals surface area contributed by atoms with E-state index >= 15 is 0 Å². The number of carbonyl (C=O) groups excluding carboxylic acids is 1. The quantitative estimate of drug-likeness (QED) is 0.661. The Labute approximate surface area is 113 Å². The van der Waals surface area contributed by atoms with Crippen LogP contribution in [0.2, 0.25) is 5.02 Å². The SMILES string of the molecule is C#CCNCC(=O)Nc1c(Cl)cccc1C(F)(F)F. The molecule has 0 aromatic heterocycles. The summed E-state index contributed by atoms with van der Waals surface area (Å²) >= 11 is 5.67. The molecule has 7 heteroatoms. The lowest BCUT2D eigenvalue weighted by Crippen LogP contribution is -2.29. The summed E-state index contributed by atoms with van der Waals surface area (Å²) in [5.41, 5.74) is -1.45. The second-order valence-corrected chi connectivity index (χ2v) is 3.92. The average Bonchev–Trinajstić information content (AvgIpc) is 2.30. The van der Waals surface area contributed by atoms with Gasteiger partial charge in [-0.05, 0) is 12.1 Å². The highest BCUT2D eigenvalue weighted by molar-refractivity contribution is 6.34. The highest BCUT2D eigenvalue weighted by Gasteiger charge is 2.34. The number of rotatable bonds is 4. The summed E-state index contributed by atoms with van der Waals surface area (Å²) in [7, 11) is 0. The predicted molar refractivity (Wildman–Crippen MR) is 66.8 cm³/mol. The van der Waals surface area contributed by atoms with Crippen molar-refractivity contribution in [3.63, 3.8) is 0 Å². The number of amides is 1. The van der Waals surface area contributed by atoms with Gasteiger partial charge in [0, 0.05) is 0 Å². The fourth-order valence-corrected chi connectivity index (χ4v) is 1.54. The zero-order chi connectivity index (χ0) is 14.5. The van der Waals surface area contributed by atoms with Crippen LogP contribution in [0.25, 0.3) is 0 Å². The number of benzene rings is 1. The second kappa shape index (κ2) is 6.45. The molecule has 0 spiro atoms. The van der Waals surface area contributed by atoms with E-state index in [0.29, 0.717) is 0 Å². The number of carbonyl (C=O) groups is 1. The summed E-state index contributed by atoms with van der Waals surface area (Å²) in [4.78, 5) is 11.5. The van der Waals surface area contributed by atoms with E-state index in [9.17, 15) is 18.0 Å². The molecule has 0 bridgehead atoms. The molecule has 19 heavy (non-hydrogen) atoms. The van der Waals surface area contributed by atoms with Crippen LogP contribution >= 0.6 is 11.6 Å². The minimum atomic E-state index is -4.60. The lowest BCUT2D eigenvalue weighted by Gasteiger charge is -2.15. The van der Waals surface area contributed by atoms with Gasteiger partial charge in [-0.1, -0.05) is 23.6 Å². The van der Waals surface area contributed by atoms with Gasteiger partial charge in [-0.3, -0.25) is 10.1 Å². The molecule has 1 aromatic rings. The number of para-hydroxylation sites is 1. The number of anilines is 1. The van der Waals surface area contributed by atoms with Crippen molar-refractivity contribution < 1.29 is 18.0 Å². The first-order valence-electron chi connectivity index (χ1n) is 5.16. The topological polar surface area (TPSA) is 41.1 Å². The molecule has 0 fully saturated rings. The number of terminal acetylenes is 1. The van der Waals surface area contributed by atoms with Crippen molar-refractivity contribution in [2.45, 2.75) is 6.18 Å². The number of alkyl halides is 3. The molecule has 0 saturated heterocycles. The lowest BCUT2D eigenvalue weighted by molar-refractivity contribution is -0.137. The fraction of sp³-hybridized carbons (Fsp3) is 0.250. The third-order valence-corrected chi connectivity index (χ3v) is 2.41. The smallest absolute Gasteiger partial charge is 0.323 e. The molecule has 2 N–H and O–H groups in total. The van der Waals surface area contributed by atoms with E-state index in [1.807, 2.05) is 0 Å². The first kappa shape index (κ1) is 15.3. The Kier molecular flexibility index (Phi) is 5.21. The van der Waals surface area contributed by atoms with Crippen LogP contribution in [0.1, 0.15) is 5.56 Å². The maximum Gasteiger partial charge on any atom is 0.418 e. The van der Waals surface area contributed by atoms with Crippen LogP contribution in [-0.2, 0) is 11.0 Å². The summed E-state index contributed by atoms with van der Waals surface area (Å²) in [5, 5.41) is 4.50. The van der Waals surface area contributed by atoms with Gasteiger partial charge in [-0.15, -0.1) is 6.42 Å². The van der Waals surface area contributed by atoms with E-state index in [-0.39, 0.29) is 18.1 Å². The van der Waals surface area contributed by atoms with Gasteiger partial charge in [0.05, 0.1) is 29.4 Å². The van der Waals surface area contributed by atoms with Gasteiger partial charge in [-0.2, -0.15) is 13.2 Å². The number of halogens is 4. The van der Waals surface area contributed by atoms with Gasteiger partial charge < -0.3 is 5.32 Å². The standard InChI is InChI=1S/C12H10ClF3N2O/c1-2-6-17-7-10(19)18-11-8(12(14,15)16)4-3-5-9(11)13/h1,3-5,17H,6-7H2,(H,18,19). The number of hydrogen-bond donors (Lipinski definition) is 2. The van der Waals surface area contributed by atoms with Crippen LogP contribution in [-0.4, -0.2) is 19.0 Å². The molecule has 1 rings (SSSR count). The summed E-state index contributed by atoms with van der Waals surface area (Å²) in [5.74, 6) is 1.58. The molecule has 0 unspecified atom stereocenters. The molecule has 0 heterocycles. The Hall–Kier alpha value is -1.71. The first-order valence-corrected chi connectivity index (χ1v) is 5.53. The maximum atomic E-state index is 12.7. The van der Waals surface area contributed by atoms with Crippen molar-refractivity contribution in [2.24, 2.45) is 0 Å². The van der Waals surface area contributed by atoms with Crippen molar-refractivity contribution in [1.82, 2.24) is 5.32 Å². The van der Waals surface area contributed by atoms with Gasteiger partial charge in [0.25, 0.3) is 0 Å². The number of nitrogens with one attached hydrogen (secondary N) is 2. The monoisotopic (exact) mass is 290 g/mol. The molecular formula is C12H10ClF3N2O. The third kappa shape index (κ3) is 4.47. The molecule has 0 atom stereocenters. The minimum absolute atomic E-state index is 0.141. The van der Waals surface area contributed by atoms with Crippen LogP contribution in [0.4, 0.5) is 18.9 Å². The molecular weight excluding hydrogens is 281 g/mol. The summed E-state index contributed by atoms with van der Waals surface area (Å²) in [6, 6.07) is 3.27. The van der Waals surface area contributed by atoms with Crippen LogP contribution < -0.4 is 10.6 Å². The largest absolute Gasteiger partial charge is 0.418 e. The Morgan fingerprint density at radius 1 is 1.42 bits per heavy atom. The Bertz CT molecular complexity index is 509. The van der Waals surface area contributed by atoms with Crippen molar-refractivity contribution in [2.75, 3.05) is 18.4 Å². The van der Waals surface area contributed by atoms with E-state index in [1.165, 1.54) is 6.07 Å². The minimum Gasteiger partial charge on any atom is -0.323 e. The highest BCUT2D eigenvalue weighted by Crippen LogP contribution is 2.38. The van der Waals surface area contributed by atoms with E-state index in [0.717, 1.165) is 12.1 Å². The summed E-state index contributed by atoms with van der Waals surface area (Å²) in [6.07, 6.45) is 0.361. The molecule has 0 aliphatic rings. The predicted octanol–water partition coefficient (Wildman–Crippen LogP) is 2.52. The van der Waals surface area contributed by atoms with Crippen molar-refractivity contribution in [3.05, 3.63) is 28.8 Å². The van der Waals surface area contributed by atoms with Crippen LogP contribution in [0, 0.1) is 12.3 Å². The molecule has 3 nitrogen and oxygen atoms in total. The number of hydrogen-bond acceptors (Lipinski definition) is 2. The summed E-state index contributed by atoms with van der Waals surface area (Å²) < 4.78 is 38.2. The van der Waals surface area contributed by atoms with Gasteiger partial charge in [0.1, 0.15) is 0 Å². The van der Waals surface area contributed by atoms with Crippen LogP contribution in [0.5, 0.6) is 0 Å². The van der Waals surface area contributed by atoms with Gasteiger partial charge in [-0.25, -0.2) is 0 Å². The van der Waals surface area contributed by atoms with E-state index in [4.69, 9.17) is 18.0 Å². The molecule has 1 aromatic carbocycles. The normalized spacial score (nSPS) is 10.9. The molecule has 102 valence electrons. The van der Waals surface area contributed by atoms with Gasteiger partial charge in [0.15, 0.2) is 0 Å². The Morgan fingerprint density at radius 3 is 2.68 bits per heavy atom. The maximum absolute atomic E-state index is 12.7. The third-order valence-electron chi connectivity index (χ3n) is 2.10. The van der Waals surface area contributed by atoms with E-state index in [1.54, 1.807) is 0 Å². The molecule has 0 aliphatic carbocycles. The lowest BCUT2D eigenvalue weighted by atomic mass is 10.1. The van der Waals surface area contributed by atoms with Gasteiger partial charge >= 0.3 is 6.18 Å². The molecule has 0 aliphatic heterocycles. The average molecular weight is 291 g/mol. The van der Waals surface area contributed by atoms with E-state index < -0.39 is 23.3 Å². The zero-order valence-electron chi connectivity index (χ0n) is 9.64. The van der Waals surface area contributed by atoms with Crippen LogP contribution in [0.15, 0.2) is 18.2 Å². The van der Waals surface area contributed by atoms with E-state index in [2.05, 4.69) is 16.6 Å². The summed E-state index contributed by atoms with van der Waals surface area (Å²) in [6.45, 7) is -0.0607. The van der Waals surface area contributed by atoms with Gasteiger partial charge in [0.2, 0.25) is 5.91 Å². The first-order chi connectivity index (χ1) is 8.86. The fourth-order valence-electron chi connectivity index (χ4n) is 1.32. The van der Waals surface area contributed by atoms with Crippen molar-refractivity contribution in [3.8, 4) is 12.3 Å². The Morgan fingerprint density at radius 2 is 2.11 bits per heavy atom. The van der Waals surface area contributed by atoms with Crippen LogP contribution in [0.3, 0.4) is 0 Å². The second-order valence-electron chi connectivity index (χ2n) is 3.52. The zero-order valence-corrected chi connectivity index (χ0v) is 10.4. The van der Waals surface area contributed by atoms with Crippen molar-refractivity contribution in [1.29, 1.82) is 0 Å². The highest BCUT2D eigenvalue weighted by atomic mass is 35.5. The Balaban J connectivity index is 2.89. The molecule has 0 saturated carbocycles. The molecule has 0 radical (unpaired) electrons. The van der Waals surface area contributed by atoms with Crippen molar-refractivity contribution >= 4 is 23.2 Å².